The zero-order valence-corrected chi connectivity index (χ0v) is 13.3. The number of urea groups is 1. The van der Waals surface area contributed by atoms with Gasteiger partial charge in [0, 0.05) is 6.54 Å². The summed E-state index contributed by atoms with van der Waals surface area (Å²) in [4.78, 5) is 34.2. The molecule has 0 saturated carbocycles. The van der Waals surface area contributed by atoms with Crippen molar-refractivity contribution in [1.29, 1.82) is 0 Å². The first-order valence-electron chi connectivity index (χ1n) is 7.67. The highest BCUT2D eigenvalue weighted by Crippen LogP contribution is 2.25. The Hall–Kier alpha value is -2.83. The van der Waals surface area contributed by atoms with Gasteiger partial charge in [0.15, 0.2) is 13.2 Å². The molecule has 1 aromatic carbocycles. The summed E-state index contributed by atoms with van der Waals surface area (Å²) in [7, 11) is 0. The summed E-state index contributed by atoms with van der Waals surface area (Å²) in [5.74, 6) is -0.805. The standard InChI is InChI=1S/C17H20N2O5/c1-2-8-18-17(22)19-15(20)10-24-16(21)11-23-14-7-6-12-4-3-5-13(12)9-14/h2,6-7,9H,1,3-5,8,10-11H2,(H2,18,19,20,22). The fourth-order valence-electron chi connectivity index (χ4n) is 2.34. The smallest absolute Gasteiger partial charge is 0.344 e. The van der Waals surface area contributed by atoms with Gasteiger partial charge in [-0.25, -0.2) is 9.59 Å². The van der Waals surface area contributed by atoms with Crippen LogP contribution in [0.1, 0.15) is 17.5 Å². The van der Waals surface area contributed by atoms with Crippen molar-refractivity contribution in [3.8, 4) is 5.75 Å². The van der Waals surface area contributed by atoms with E-state index in [1.807, 2.05) is 23.5 Å². The largest absolute Gasteiger partial charge is 0.482 e. The Morgan fingerprint density at radius 1 is 1.17 bits per heavy atom. The van der Waals surface area contributed by atoms with E-state index >= 15 is 0 Å². The maximum absolute atomic E-state index is 11.6. The van der Waals surface area contributed by atoms with Crippen molar-refractivity contribution < 1.29 is 23.9 Å². The molecule has 3 amide bonds. The first kappa shape index (κ1) is 17.5. The van der Waals surface area contributed by atoms with Gasteiger partial charge >= 0.3 is 12.0 Å². The molecule has 1 aliphatic rings. The summed E-state index contributed by atoms with van der Waals surface area (Å²) in [6, 6.07) is 5.06. The van der Waals surface area contributed by atoms with E-state index in [0.29, 0.717) is 5.75 Å². The molecule has 7 heteroatoms. The van der Waals surface area contributed by atoms with E-state index in [0.717, 1.165) is 19.3 Å². The summed E-state index contributed by atoms with van der Waals surface area (Å²) in [6.07, 6.45) is 4.70. The van der Waals surface area contributed by atoms with Gasteiger partial charge in [-0.15, -0.1) is 6.58 Å². The third-order valence-corrected chi connectivity index (χ3v) is 3.45. The van der Waals surface area contributed by atoms with Crippen LogP contribution in [-0.4, -0.2) is 37.7 Å². The number of benzene rings is 1. The molecule has 1 aliphatic carbocycles. The molecule has 1 aromatic rings. The monoisotopic (exact) mass is 332 g/mol. The lowest BCUT2D eigenvalue weighted by Gasteiger charge is -2.09. The Labute approximate surface area is 140 Å². The van der Waals surface area contributed by atoms with Gasteiger partial charge in [0.25, 0.3) is 5.91 Å². The van der Waals surface area contributed by atoms with Gasteiger partial charge in [-0.05, 0) is 42.5 Å². The molecule has 0 atom stereocenters. The maximum atomic E-state index is 11.6. The minimum atomic E-state index is -0.720. The normalized spacial score (nSPS) is 12.0. The van der Waals surface area contributed by atoms with Crippen molar-refractivity contribution in [3.05, 3.63) is 42.0 Å². The number of aryl methyl sites for hydroxylation is 2. The summed E-state index contributed by atoms with van der Waals surface area (Å²) in [6.45, 7) is 2.81. The molecule has 7 nitrogen and oxygen atoms in total. The SMILES string of the molecule is C=CCNC(=O)NC(=O)COC(=O)COc1ccc2c(c1)CCC2. The number of imide groups is 1. The van der Waals surface area contributed by atoms with Crippen LogP contribution in [0.3, 0.4) is 0 Å². The molecule has 0 spiro atoms. The van der Waals surface area contributed by atoms with Gasteiger partial charge < -0.3 is 14.8 Å². The predicted octanol–water partition coefficient (Wildman–Crippen LogP) is 1.11. The van der Waals surface area contributed by atoms with Crippen LogP contribution in [0.15, 0.2) is 30.9 Å². The Morgan fingerprint density at radius 2 is 1.96 bits per heavy atom. The zero-order valence-electron chi connectivity index (χ0n) is 13.3. The van der Waals surface area contributed by atoms with E-state index in [4.69, 9.17) is 9.47 Å². The summed E-state index contributed by atoms with van der Waals surface area (Å²) >= 11 is 0. The second kappa shape index (κ2) is 8.71. The number of fused-ring (bicyclic) bond motifs is 1. The lowest BCUT2D eigenvalue weighted by Crippen LogP contribution is -2.41. The van der Waals surface area contributed by atoms with Crippen molar-refractivity contribution in [3.63, 3.8) is 0 Å². The van der Waals surface area contributed by atoms with E-state index in [9.17, 15) is 14.4 Å². The van der Waals surface area contributed by atoms with Gasteiger partial charge in [-0.1, -0.05) is 12.1 Å². The minimum Gasteiger partial charge on any atom is -0.482 e. The van der Waals surface area contributed by atoms with Crippen molar-refractivity contribution >= 4 is 17.9 Å². The van der Waals surface area contributed by atoms with Crippen LogP contribution in [0, 0.1) is 0 Å². The second-order valence-corrected chi connectivity index (χ2v) is 5.28. The fraction of sp³-hybridized carbons (Fsp3) is 0.353. The Kier molecular flexibility index (Phi) is 6.36. The van der Waals surface area contributed by atoms with Crippen molar-refractivity contribution in [2.75, 3.05) is 19.8 Å². The van der Waals surface area contributed by atoms with Crippen LogP contribution in [-0.2, 0) is 27.2 Å². The van der Waals surface area contributed by atoms with E-state index in [2.05, 4.69) is 11.9 Å². The van der Waals surface area contributed by atoms with E-state index in [1.165, 1.54) is 17.2 Å². The quantitative estimate of drug-likeness (QED) is 0.576. The molecule has 128 valence electrons. The maximum Gasteiger partial charge on any atom is 0.344 e. The van der Waals surface area contributed by atoms with E-state index in [1.54, 1.807) is 0 Å². The molecular formula is C17H20N2O5. The lowest BCUT2D eigenvalue weighted by molar-refractivity contribution is -0.150. The van der Waals surface area contributed by atoms with Gasteiger partial charge in [0.05, 0.1) is 0 Å². The number of hydrogen-bond acceptors (Lipinski definition) is 5. The van der Waals surface area contributed by atoms with Crippen molar-refractivity contribution in [1.82, 2.24) is 10.6 Å². The number of amides is 3. The number of rotatable bonds is 7. The number of carbonyl (C=O) groups excluding carboxylic acids is 3. The van der Waals surface area contributed by atoms with Gasteiger partial charge in [0.2, 0.25) is 0 Å². The molecule has 0 fully saturated rings. The highest BCUT2D eigenvalue weighted by Gasteiger charge is 2.13. The number of esters is 1. The first-order chi connectivity index (χ1) is 11.6. The molecule has 0 aliphatic heterocycles. The summed E-state index contributed by atoms with van der Waals surface area (Å²) in [5, 5.41) is 4.38. The fourth-order valence-corrected chi connectivity index (χ4v) is 2.34. The van der Waals surface area contributed by atoms with Crippen LogP contribution in [0.4, 0.5) is 4.79 Å². The molecule has 0 bridgehead atoms. The molecule has 0 aromatic heterocycles. The summed E-state index contributed by atoms with van der Waals surface area (Å²) < 4.78 is 10.1. The van der Waals surface area contributed by atoms with E-state index < -0.39 is 24.5 Å². The average molecular weight is 332 g/mol. The second-order valence-electron chi connectivity index (χ2n) is 5.28. The summed E-state index contributed by atoms with van der Waals surface area (Å²) in [5.41, 5.74) is 2.56. The van der Waals surface area contributed by atoms with Crippen molar-refractivity contribution in [2.24, 2.45) is 0 Å². The Bertz CT molecular complexity index is 642. The highest BCUT2D eigenvalue weighted by molar-refractivity contribution is 5.95. The van der Waals surface area contributed by atoms with Crippen molar-refractivity contribution in [2.45, 2.75) is 19.3 Å². The van der Waals surface area contributed by atoms with E-state index in [-0.39, 0.29) is 13.2 Å². The lowest BCUT2D eigenvalue weighted by atomic mass is 10.1. The van der Waals surface area contributed by atoms with Crippen LogP contribution < -0.4 is 15.4 Å². The number of carbonyl (C=O) groups is 3. The van der Waals surface area contributed by atoms with Gasteiger partial charge in [-0.3, -0.25) is 10.1 Å². The van der Waals surface area contributed by atoms with Gasteiger partial charge in [0.1, 0.15) is 5.75 Å². The van der Waals surface area contributed by atoms with Gasteiger partial charge in [-0.2, -0.15) is 0 Å². The molecule has 0 heterocycles. The molecule has 2 rings (SSSR count). The Morgan fingerprint density at radius 3 is 2.75 bits per heavy atom. The number of ether oxygens (including phenoxy) is 2. The molecular weight excluding hydrogens is 312 g/mol. The molecule has 0 saturated heterocycles. The third-order valence-electron chi connectivity index (χ3n) is 3.45. The number of hydrogen-bond donors (Lipinski definition) is 2. The van der Waals surface area contributed by atoms with Crippen LogP contribution in [0.25, 0.3) is 0 Å². The van der Waals surface area contributed by atoms with Crippen LogP contribution >= 0.6 is 0 Å². The Balaban J connectivity index is 1.67. The predicted molar refractivity (Wildman–Crippen MR) is 86.7 cm³/mol. The average Bonchev–Trinajstić information content (AvgIpc) is 3.04. The molecule has 24 heavy (non-hydrogen) atoms. The number of nitrogens with one attached hydrogen (secondary N) is 2. The van der Waals surface area contributed by atoms with Crippen LogP contribution in [0.2, 0.25) is 0 Å². The molecule has 0 unspecified atom stereocenters. The molecule has 2 N–H and O–H groups in total. The zero-order chi connectivity index (χ0) is 17.4. The highest BCUT2D eigenvalue weighted by atomic mass is 16.6. The topological polar surface area (TPSA) is 93.7 Å². The first-order valence-corrected chi connectivity index (χ1v) is 7.67. The third kappa shape index (κ3) is 5.42. The molecule has 0 radical (unpaired) electrons. The van der Waals surface area contributed by atoms with Crippen LogP contribution in [0.5, 0.6) is 5.75 Å². The minimum absolute atomic E-state index is 0.230.